The Hall–Kier alpha value is -1.24. The molecule has 0 aliphatic heterocycles. The molecular weight excluding hydrogens is 298 g/mol. The highest BCUT2D eigenvalue weighted by Gasteiger charge is 2.12. The Morgan fingerprint density at radius 3 is 2.64 bits per heavy atom. The van der Waals surface area contributed by atoms with Crippen LogP contribution < -0.4 is 10.6 Å². The molecule has 0 aromatic carbocycles. The van der Waals surface area contributed by atoms with Gasteiger partial charge in [-0.2, -0.15) is 0 Å². The Balaban J connectivity index is 2.42. The molecule has 0 bridgehead atoms. The van der Waals surface area contributed by atoms with Gasteiger partial charge in [0.1, 0.15) is 5.82 Å². The molecule has 1 heterocycles. The van der Waals surface area contributed by atoms with Crippen molar-refractivity contribution in [3.8, 4) is 0 Å². The third kappa shape index (κ3) is 6.25. The highest BCUT2D eigenvalue weighted by atomic mass is 32.2. The molecule has 2 amide bonds. The lowest BCUT2D eigenvalue weighted by Gasteiger charge is -2.13. The Bertz CT molecular complexity index is 461. The molecule has 0 aliphatic carbocycles. The van der Waals surface area contributed by atoms with Crippen molar-refractivity contribution in [2.45, 2.75) is 64.7 Å². The van der Waals surface area contributed by atoms with Crippen LogP contribution in [0.15, 0.2) is 5.16 Å². The van der Waals surface area contributed by atoms with Crippen LogP contribution in [-0.4, -0.2) is 39.6 Å². The molecule has 0 saturated carbocycles. The highest BCUT2D eigenvalue weighted by Crippen LogP contribution is 2.16. The van der Waals surface area contributed by atoms with Gasteiger partial charge in [0, 0.05) is 25.6 Å². The van der Waals surface area contributed by atoms with E-state index in [-0.39, 0.29) is 12.1 Å². The molecule has 0 aliphatic rings. The van der Waals surface area contributed by atoms with Gasteiger partial charge >= 0.3 is 6.03 Å². The van der Waals surface area contributed by atoms with Crippen molar-refractivity contribution in [1.29, 1.82) is 0 Å². The van der Waals surface area contributed by atoms with Crippen LogP contribution in [0, 0.1) is 5.92 Å². The summed E-state index contributed by atoms with van der Waals surface area (Å²) in [5, 5.41) is 15.3. The first-order chi connectivity index (χ1) is 10.5. The molecule has 0 fully saturated rings. The minimum absolute atomic E-state index is 0.0946. The first-order valence-electron chi connectivity index (χ1n) is 7.98. The Kier molecular flexibility index (Phi) is 8.30. The summed E-state index contributed by atoms with van der Waals surface area (Å²) in [6, 6.07) is 0.112. The summed E-state index contributed by atoms with van der Waals surface area (Å²) in [6.07, 6.45) is 4.64. The van der Waals surface area contributed by atoms with Gasteiger partial charge in [0.2, 0.25) is 0 Å². The zero-order valence-electron chi connectivity index (χ0n) is 14.3. The molecule has 0 radical (unpaired) electrons. The number of urea groups is 1. The smallest absolute Gasteiger partial charge is 0.314 e. The number of carbonyl (C=O) groups is 1. The van der Waals surface area contributed by atoms with Crippen LogP contribution >= 0.6 is 11.8 Å². The molecule has 1 aromatic rings. The molecule has 0 saturated heterocycles. The highest BCUT2D eigenvalue weighted by molar-refractivity contribution is 7.98. The quantitative estimate of drug-likeness (QED) is 0.540. The molecular formula is C15H29N5OS. The molecule has 1 aromatic heterocycles. The second kappa shape index (κ2) is 9.71. The number of hydrogen-bond acceptors (Lipinski definition) is 4. The lowest BCUT2D eigenvalue weighted by molar-refractivity contribution is 0.237. The van der Waals surface area contributed by atoms with Gasteiger partial charge in [-0.05, 0) is 31.9 Å². The Morgan fingerprint density at radius 1 is 1.32 bits per heavy atom. The van der Waals surface area contributed by atoms with E-state index < -0.39 is 0 Å². The predicted octanol–water partition coefficient (Wildman–Crippen LogP) is 2.69. The minimum atomic E-state index is -0.0946. The zero-order chi connectivity index (χ0) is 16.5. The van der Waals surface area contributed by atoms with E-state index >= 15 is 0 Å². The SMILES string of the molecule is CC[C@@H](C)NC(=O)NCCCc1nnc(SC)n1CC(C)C. The van der Waals surface area contributed by atoms with Crippen LogP contribution in [-0.2, 0) is 13.0 Å². The zero-order valence-corrected chi connectivity index (χ0v) is 15.2. The molecule has 126 valence electrons. The van der Waals surface area contributed by atoms with E-state index in [1.165, 1.54) is 0 Å². The van der Waals surface area contributed by atoms with Crippen molar-refractivity contribution < 1.29 is 4.79 Å². The fourth-order valence-electron chi connectivity index (χ4n) is 2.03. The van der Waals surface area contributed by atoms with Crippen LogP contribution in [0.2, 0.25) is 0 Å². The standard InChI is InChI=1S/C15H29N5OS/c1-6-12(4)17-14(21)16-9-7-8-13-18-19-15(22-5)20(13)10-11(2)3/h11-12H,6-10H2,1-5H3,(H2,16,17,21)/t12-/m1/s1. The average Bonchev–Trinajstić information content (AvgIpc) is 2.84. The molecule has 0 spiro atoms. The molecule has 7 heteroatoms. The van der Waals surface area contributed by atoms with Crippen molar-refractivity contribution in [3.63, 3.8) is 0 Å². The Labute approximate surface area is 137 Å². The first-order valence-corrected chi connectivity index (χ1v) is 9.20. The van der Waals surface area contributed by atoms with Gasteiger partial charge < -0.3 is 15.2 Å². The number of aromatic nitrogens is 3. The summed E-state index contributed by atoms with van der Waals surface area (Å²) in [5.74, 6) is 1.56. The number of hydrogen-bond donors (Lipinski definition) is 2. The minimum Gasteiger partial charge on any atom is -0.338 e. The van der Waals surface area contributed by atoms with Gasteiger partial charge in [-0.1, -0.05) is 32.5 Å². The molecule has 1 atom stereocenters. The van der Waals surface area contributed by atoms with E-state index in [1.807, 2.05) is 13.2 Å². The van der Waals surface area contributed by atoms with Gasteiger partial charge in [0.05, 0.1) is 0 Å². The van der Waals surface area contributed by atoms with Gasteiger partial charge in [-0.15, -0.1) is 10.2 Å². The fourth-order valence-corrected chi connectivity index (χ4v) is 2.55. The number of rotatable bonds is 9. The number of amides is 2. The number of carbonyl (C=O) groups excluding carboxylic acids is 1. The summed E-state index contributed by atoms with van der Waals surface area (Å²) < 4.78 is 2.19. The van der Waals surface area contributed by atoms with E-state index in [4.69, 9.17) is 0 Å². The van der Waals surface area contributed by atoms with Crippen molar-refractivity contribution in [2.24, 2.45) is 5.92 Å². The first kappa shape index (κ1) is 18.8. The number of aryl methyl sites for hydroxylation is 1. The van der Waals surface area contributed by atoms with Crippen molar-refractivity contribution in [1.82, 2.24) is 25.4 Å². The van der Waals surface area contributed by atoms with Crippen LogP contribution in [0.3, 0.4) is 0 Å². The number of nitrogens with one attached hydrogen (secondary N) is 2. The predicted molar refractivity (Wildman–Crippen MR) is 91.2 cm³/mol. The number of nitrogens with zero attached hydrogens (tertiary/aromatic N) is 3. The third-order valence-corrected chi connectivity index (χ3v) is 4.04. The van der Waals surface area contributed by atoms with Gasteiger partial charge in [0.15, 0.2) is 5.16 Å². The maximum absolute atomic E-state index is 11.6. The summed E-state index contributed by atoms with van der Waals surface area (Å²) >= 11 is 1.62. The average molecular weight is 327 g/mol. The lowest BCUT2D eigenvalue weighted by Crippen LogP contribution is -2.40. The van der Waals surface area contributed by atoms with Crippen LogP contribution in [0.1, 0.15) is 46.4 Å². The van der Waals surface area contributed by atoms with Crippen molar-refractivity contribution >= 4 is 17.8 Å². The monoisotopic (exact) mass is 327 g/mol. The third-order valence-electron chi connectivity index (χ3n) is 3.38. The maximum Gasteiger partial charge on any atom is 0.314 e. The molecule has 6 nitrogen and oxygen atoms in total. The van der Waals surface area contributed by atoms with Gasteiger partial charge in [-0.3, -0.25) is 0 Å². The largest absolute Gasteiger partial charge is 0.338 e. The summed E-state index contributed by atoms with van der Waals surface area (Å²) in [6.45, 7) is 10.0. The van der Waals surface area contributed by atoms with Crippen LogP contribution in [0.4, 0.5) is 4.79 Å². The second-order valence-corrected chi connectivity index (χ2v) is 6.69. The number of thioether (sulfide) groups is 1. The van der Waals surface area contributed by atoms with E-state index in [1.54, 1.807) is 11.8 Å². The van der Waals surface area contributed by atoms with E-state index in [2.05, 4.69) is 46.2 Å². The van der Waals surface area contributed by atoms with Crippen molar-refractivity contribution in [2.75, 3.05) is 12.8 Å². The van der Waals surface area contributed by atoms with Gasteiger partial charge in [-0.25, -0.2) is 4.79 Å². The van der Waals surface area contributed by atoms with Gasteiger partial charge in [0.25, 0.3) is 0 Å². The van der Waals surface area contributed by atoms with E-state index in [9.17, 15) is 4.79 Å². The molecule has 1 rings (SSSR count). The summed E-state index contributed by atoms with van der Waals surface area (Å²) in [7, 11) is 0. The molecule has 22 heavy (non-hydrogen) atoms. The van der Waals surface area contributed by atoms with Crippen LogP contribution in [0.5, 0.6) is 0 Å². The fraction of sp³-hybridized carbons (Fsp3) is 0.800. The van der Waals surface area contributed by atoms with E-state index in [0.717, 1.165) is 36.8 Å². The van der Waals surface area contributed by atoms with E-state index in [0.29, 0.717) is 12.5 Å². The van der Waals surface area contributed by atoms with Crippen LogP contribution in [0.25, 0.3) is 0 Å². The topological polar surface area (TPSA) is 71.8 Å². The molecule has 2 N–H and O–H groups in total. The summed E-state index contributed by atoms with van der Waals surface area (Å²) in [5.41, 5.74) is 0. The van der Waals surface area contributed by atoms with Crippen molar-refractivity contribution in [3.05, 3.63) is 5.82 Å². The Morgan fingerprint density at radius 2 is 2.05 bits per heavy atom. The maximum atomic E-state index is 11.6. The second-order valence-electron chi connectivity index (χ2n) is 5.92. The normalized spacial score (nSPS) is 12.5. The summed E-state index contributed by atoms with van der Waals surface area (Å²) in [4.78, 5) is 11.6. The lowest BCUT2D eigenvalue weighted by atomic mass is 10.2. The molecule has 0 unspecified atom stereocenters.